The van der Waals surface area contributed by atoms with E-state index in [4.69, 9.17) is 8.83 Å². The summed E-state index contributed by atoms with van der Waals surface area (Å²) in [5.41, 5.74) is 4.44. The molecule has 0 radical (unpaired) electrons. The summed E-state index contributed by atoms with van der Waals surface area (Å²) in [6.45, 7) is 3.85. The zero-order valence-electron chi connectivity index (χ0n) is 14.3. The molecule has 5 rings (SSSR count). The van der Waals surface area contributed by atoms with E-state index in [1.165, 1.54) is 5.56 Å². The lowest BCUT2D eigenvalue weighted by Crippen LogP contribution is -1.92. The van der Waals surface area contributed by atoms with E-state index >= 15 is 0 Å². The van der Waals surface area contributed by atoms with Gasteiger partial charge in [0, 0.05) is 33.4 Å². The smallest absolute Gasteiger partial charge is 0.159 e. The molecule has 0 aliphatic heterocycles. The minimum atomic E-state index is 0.0632. The van der Waals surface area contributed by atoms with E-state index in [1.807, 2.05) is 24.3 Å². The Balaban J connectivity index is 1.87. The molecule has 0 saturated heterocycles. The number of allylic oxidation sites excluding steroid dienone is 1. The Morgan fingerprint density at radius 1 is 1.00 bits per heavy atom. The fraction of sp³-hybridized carbons (Fsp3) is 0.227. The predicted octanol–water partition coefficient (Wildman–Crippen LogP) is 6.45. The summed E-state index contributed by atoms with van der Waals surface area (Å²) < 4.78 is 12.1. The summed E-state index contributed by atoms with van der Waals surface area (Å²) in [4.78, 5) is 11.7. The molecular weight excluding hydrogens is 312 g/mol. The summed E-state index contributed by atoms with van der Waals surface area (Å²) >= 11 is 0. The van der Waals surface area contributed by atoms with Crippen molar-refractivity contribution in [3.05, 3.63) is 53.3 Å². The molecule has 1 unspecified atom stereocenters. The number of fused-ring (bicyclic) bond motifs is 6. The predicted molar refractivity (Wildman–Crippen MR) is 100 cm³/mol. The van der Waals surface area contributed by atoms with Gasteiger partial charge in [-0.15, -0.1) is 0 Å². The highest BCUT2D eigenvalue weighted by molar-refractivity contribution is 6.12. The number of benzene rings is 2. The molecule has 4 aromatic rings. The minimum absolute atomic E-state index is 0.0632. The van der Waals surface area contributed by atoms with Crippen molar-refractivity contribution in [2.75, 3.05) is 0 Å². The average Bonchev–Trinajstić information content (AvgIpc) is 3.06. The molecule has 0 amide bonds. The Morgan fingerprint density at radius 2 is 1.80 bits per heavy atom. The fourth-order valence-corrected chi connectivity index (χ4v) is 3.94. The number of ketones is 1. The Labute approximate surface area is 144 Å². The molecule has 3 heteroatoms. The summed E-state index contributed by atoms with van der Waals surface area (Å²) in [7, 11) is 0. The Hall–Kier alpha value is -2.81. The molecule has 1 aliphatic carbocycles. The molecule has 2 aromatic heterocycles. The highest BCUT2D eigenvalue weighted by Gasteiger charge is 2.21. The zero-order chi connectivity index (χ0) is 17.1. The molecule has 0 bridgehead atoms. The van der Waals surface area contributed by atoms with Gasteiger partial charge in [-0.3, -0.25) is 4.79 Å². The normalized spacial score (nSPS) is 17.3. The summed E-state index contributed by atoms with van der Waals surface area (Å²) in [6.07, 6.45) is 6.47. The summed E-state index contributed by atoms with van der Waals surface area (Å²) in [6, 6.07) is 9.76. The van der Waals surface area contributed by atoms with Crippen molar-refractivity contribution in [1.29, 1.82) is 0 Å². The van der Waals surface area contributed by atoms with Crippen LogP contribution in [0.25, 0.3) is 39.0 Å². The number of furan rings is 2. The van der Waals surface area contributed by atoms with Gasteiger partial charge in [-0.1, -0.05) is 13.0 Å². The molecule has 2 aromatic carbocycles. The molecule has 124 valence electrons. The first-order chi connectivity index (χ1) is 12.1. The van der Waals surface area contributed by atoms with Crippen LogP contribution in [0.1, 0.15) is 54.3 Å². The summed E-state index contributed by atoms with van der Waals surface area (Å²) in [5.74, 6) is 1.48. The van der Waals surface area contributed by atoms with Crippen LogP contribution in [0.15, 0.2) is 45.2 Å². The van der Waals surface area contributed by atoms with Crippen LogP contribution < -0.4 is 0 Å². The lowest BCUT2D eigenvalue weighted by Gasteiger charge is -2.07. The van der Waals surface area contributed by atoms with Gasteiger partial charge in [-0.2, -0.15) is 0 Å². The van der Waals surface area contributed by atoms with Crippen molar-refractivity contribution in [3.8, 4) is 0 Å². The van der Waals surface area contributed by atoms with Crippen molar-refractivity contribution in [1.82, 2.24) is 0 Å². The van der Waals surface area contributed by atoms with E-state index in [0.29, 0.717) is 11.5 Å². The van der Waals surface area contributed by atoms with Crippen molar-refractivity contribution in [2.45, 2.75) is 32.6 Å². The number of carbonyl (C=O) groups excluding carboxylic acids is 1. The molecule has 0 saturated carbocycles. The summed E-state index contributed by atoms with van der Waals surface area (Å²) in [5, 5.41) is 3.17. The van der Waals surface area contributed by atoms with E-state index in [-0.39, 0.29) is 5.78 Å². The van der Waals surface area contributed by atoms with Gasteiger partial charge < -0.3 is 8.83 Å². The van der Waals surface area contributed by atoms with E-state index in [1.54, 1.807) is 6.92 Å². The average molecular weight is 330 g/mol. The van der Waals surface area contributed by atoms with Gasteiger partial charge in [0.2, 0.25) is 0 Å². The molecule has 3 nitrogen and oxygen atoms in total. The molecule has 1 aliphatic rings. The van der Waals surface area contributed by atoms with Gasteiger partial charge in [0.1, 0.15) is 22.5 Å². The topological polar surface area (TPSA) is 43.4 Å². The number of Topliss-reactive ketones (excluding diaryl/α,β-unsaturated/α-hetero) is 1. The minimum Gasteiger partial charge on any atom is -0.456 e. The van der Waals surface area contributed by atoms with E-state index < -0.39 is 0 Å². The van der Waals surface area contributed by atoms with Gasteiger partial charge in [0.15, 0.2) is 5.78 Å². The monoisotopic (exact) mass is 330 g/mol. The van der Waals surface area contributed by atoms with Crippen LogP contribution in [0.3, 0.4) is 0 Å². The van der Waals surface area contributed by atoms with Crippen LogP contribution in [0.4, 0.5) is 0 Å². The SMILES string of the molecule is CC(=O)c1ccc2oc3cc4oc5c(c4cc3c2c1)C(C)CCC=C5. The largest absolute Gasteiger partial charge is 0.456 e. The van der Waals surface area contributed by atoms with Crippen LogP contribution in [0.2, 0.25) is 0 Å². The second-order valence-electron chi connectivity index (χ2n) is 6.97. The lowest BCUT2D eigenvalue weighted by molar-refractivity contribution is 0.101. The third kappa shape index (κ3) is 2.08. The van der Waals surface area contributed by atoms with Gasteiger partial charge in [0.05, 0.1) is 0 Å². The van der Waals surface area contributed by atoms with Crippen molar-refractivity contribution < 1.29 is 13.6 Å². The molecule has 0 N–H and O–H groups in total. The van der Waals surface area contributed by atoms with Crippen LogP contribution in [0, 0.1) is 0 Å². The highest BCUT2D eigenvalue weighted by atomic mass is 16.3. The number of hydrogen-bond acceptors (Lipinski definition) is 3. The first-order valence-electron chi connectivity index (χ1n) is 8.72. The Morgan fingerprint density at radius 3 is 2.64 bits per heavy atom. The Kier molecular flexibility index (Phi) is 2.96. The molecule has 1 atom stereocenters. The second kappa shape index (κ2) is 5.09. The quantitative estimate of drug-likeness (QED) is 0.377. The van der Waals surface area contributed by atoms with E-state index in [0.717, 1.165) is 51.5 Å². The van der Waals surface area contributed by atoms with Crippen LogP contribution >= 0.6 is 0 Å². The molecular formula is C22H18O3. The third-order valence-corrected chi connectivity index (χ3v) is 5.28. The maximum Gasteiger partial charge on any atom is 0.159 e. The third-order valence-electron chi connectivity index (χ3n) is 5.28. The number of carbonyl (C=O) groups is 1. The first kappa shape index (κ1) is 14.5. The van der Waals surface area contributed by atoms with Crippen LogP contribution in [-0.2, 0) is 0 Å². The molecule has 0 fully saturated rings. The number of rotatable bonds is 1. The first-order valence-corrected chi connectivity index (χ1v) is 8.72. The second-order valence-corrected chi connectivity index (χ2v) is 6.97. The number of hydrogen-bond donors (Lipinski definition) is 0. The van der Waals surface area contributed by atoms with Crippen molar-refractivity contribution in [2.24, 2.45) is 0 Å². The van der Waals surface area contributed by atoms with Crippen molar-refractivity contribution >= 4 is 44.8 Å². The molecule has 0 spiro atoms. The standard InChI is InChI=1S/C22H18O3/c1-12-5-3-4-6-19-22(12)17-10-16-15-9-14(13(2)23)7-8-18(15)24-20(16)11-21(17)25-19/h4,6-12H,3,5H2,1-2H3. The fourth-order valence-electron chi connectivity index (χ4n) is 3.94. The highest BCUT2D eigenvalue weighted by Crippen LogP contribution is 2.40. The van der Waals surface area contributed by atoms with Gasteiger partial charge in [-0.05, 0) is 56.0 Å². The van der Waals surface area contributed by atoms with E-state index in [2.05, 4.69) is 25.1 Å². The van der Waals surface area contributed by atoms with Crippen molar-refractivity contribution in [3.63, 3.8) is 0 Å². The van der Waals surface area contributed by atoms with Gasteiger partial charge in [-0.25, -0.2) is 0 Å². The van der Waals surface area contributed by atoms with Gasteiger partial charge in [0.25, 0.3) is 0 Å². The molecule has 2 heterocycles. The van der Waals surface area contributed by atoms with Gasteiger partial charge >= 0.3 is 0 Å². The van der Waals surface area contributed by atoms with E-state index in [9.17, 15) is 4.79 Å². The molecule has 25 heavy (non-hydrogen) atoms. The maximum atomic E-state index is 11.7. The van der Waals surface area contributed by atoms with Crippen LogP contribution in [0.5, 0.6) is 0 Å². The lowest BCUT2D eigenvalue weighted by atomic mass is 9.94. The zero-order valence-corrected chi connectivity index (χ0v) is 14.3. The maximum absolute atomic E-state index is 11.7. The van der Waals surface area contributed by atoms with Crippen LogP contribution in [-0.4, -0.2) is 5.78 Å². The Bertz CT molecular complexity index is 1190.